The van der Waals surface area contributed by atoms with Crippen LogP contribution < -0.4 is 5.32 Å². The smallest absolute Gasteiger partial charge is 0.266 e. The molecule has 0 aromatic carbocycles. The van der Waals surface area contributed by atoms with E-state index in [1.54, 1.807) is 6.07 Å². The molecule has 0 radical (unpaired) electrons. The molecule has 1 aliphatic heterocycles. The molecule has 1 fully saturated rings. The number of nitrogens with one attached hydrogen (secondary N) is 1. The van der Waals surface area contributed by atoms with Gasteiger partial charge in [-0.05, 0) is 43.5 Å². The maximum absolute atomic E-state index is 12.5. The van der Waals surface area contributed by atoms with Gasteiger partial charge in [0.1, 0.15) is 12.4 Å². The molecular formula is C19H23N3O3S. The Morgan fingerprint density at radius 1 is 1.35 bits per heavy atom. The van der Waals surface area contributed by atoms with Crippen molar-refractivity contribution < 1.29 is 14.3 Å². The van der Waals surface area contributed by atoms with E-state index in [2.05, 4.69) is 10.3 Å². The van der Waals surface area contributed by atoms with E-state index in [9.17, 15) is 9.59 Å². The van der Waals surface area contributed by atoms with E-state index in [1.165, 1.54) is 18.4 Å². The van der Waals surface area contributed by atoms with Crippen LogP contribution in [0.15, 0.2) is 30.3 Å². The van der Waals surface area contributed by atoms with Crippen LogP contribution in [0.4, 0.5) is 5.82 Å². The Balaban J connectivity index is 1.70. The molecule has 3 heterocycles. The molecule has 138 valence electrons. The Morgan fingerprint density at radius 3 is 2.96 bits per heavy atom. The third-order valence-electron chi connectivity index (χ3n) is 4.43. The zero-order valence-corrected chi connectivity index (χ0v) is 15.8. The molecule has 7 heteroatoms. The summed E-state index contributed by atoms with van der Waals surface area (Å²) < 4.78 is 4.97. The number of amides is 2. The number of likely N-dealkylation sites (tertiary alicyclic amines) is 1. The van der Waals surface area contributed by atoms with E-state index in [1.807, 2.05) is 36.1 Å². The lowest BCUT2D eigenvalue weighted by molar-refractivity contribution is -0.136. The van der Waals surface area contributed by atoms with Crippen LogP contribution in [0.3, 0.4) is 0 Å². The second-order valence-electron chi connectivity index (χ2n) is 6.20. The standard InChI is InChI=1S/C19H23N3O3S/c1-3-13-6-4-8-17(20-13)21-19(24)16-10-9-15(26-16)14-7-5-11-22(14)18(23)12-25-2/h4,6,8-10,14H,3,5,7,11-12H2,1-2H3,(H,20,21,24). The minimum atomic E-state index is -0.172. The van der Waals surface area contributed by atoms with Crippen molar-refractivity contribution in [3.8, 4) is 0 Å². The van der Waals surface area contributed by atoms with Crippen molar-refractivity contribution in [2.45, 2.75) is 32.2 Å². The number of aryl methyl sites for hydroxylation is 1. The first kappa shape index (κ1) is 18.5. The number of aromatic nitrogens is 1. The van der Waals surface area contributed by atoms with Gasteiger partial charge in [-0.15, -0.1) is 11.3 Å². The molecule has 1 N–H and O–H groups in total. The highest BCUT2D eigenvalue weighted by Crippen LogP contribution is 2.36. The predicted octanol–water partition coefficient (Wildman–Crippen LogP) is 3.27. The molecule has 0 aliphatic carbocycles. The number of hydrogen-bond donors (Lipinski definition) is 1. The molecule has 6 nitrogen and oxygen atoms in total. The third kappa shape index (κ3) is 4.11. The van der Waals surface area contributed by atoms with Crippen LogP contribution in [-0.2, 0) is 16.0 Å². The fraction of sp³-hybridized carbons (Fsp3) is 0.421. The minimum Gasteiger partial charge on any atom is -0.375 e. The zero-order chi connectivity index (χ0) is 18.5. The number of hydrogen-bond acceptors (Lipinski definition) is 5. The van der Waals surface area contributed by atoms with Crippen molar-refractivity contribution >= 4 is 29.0 Å². The average Bonchev–Trinajstić information content (AvgIpc) is 3.31. The molecule has 26 heavy (non-hydrogen) atoms. The summed E-state index contributed by atoms with van der Waals surface area (Å²) in [5.41, 5.74) is 0.938. The lowest BCUT2D eigenvalue weighted by Crippen LogP contribution is -2.32. The molecule has 2 aromatic rings. The van der Waals surface area contributed by atoms with Gasteiger partial charge in [0.15, 0.2) is 0 Å². The summed E-state index contributed by atoms with van der Waals surface area (Å²) in [6.07, 6.45) is 2.70. The fourth-order valence-electron chi connectivity index (χ4n) is 3.15. The molecule has 3 rings (SSSR count). The summed E-state index contributed by atoms with van der Waals surface area (Å²) >= 11 is 1.43. The Kier molecular flexibility index (Phi) is 6.00. The number of thiophene rings is 1. The number of carbonyl (C=O) groups is 2. The monoisotopic (exact) mass is 373 g/mol. The van der Waals surface area contributed by atoms with Crippen LogP contribution in [0.1, 0.15) is 46.0 Å². The van der Waals surface area contributed by atoms with E-state index in [-0.39, 0.29) is 24.5 Å². The van der Waals surface area contributed by atoms with Gasteiger partial charge >= 0.3 is 0 Å². The topological polar surface area (TPSA) is 71.5 Å². The Bertz CT molecular complexity index is 790. The van der Waals surface area contributed by atoms with Gasteiger partial charge in [-0.25, -0.2) is 4.98 Å². The molecule has 1 unspecified atom stereocenters. The molecule has 2 aromatic heterocycles. The van der Waals surface area contributed by atoms with Crippen molar-refractivity contribution in [2.24, 2.45) is 0 Å². The van der Waals surface area contributed by atoms with Crippen molar-refractivity contribution in [1.29, 1.82) is 0 Å². The van der Waals surface area contributed by atoms with E-state index < -0.39 is 0 Å². The van der Waals surface area contributed by atoms with Crippen LogP contribution >= 0.6 is 11.3 Å². The summed E-state index contributed by atoms with van der Waals surface area (Å²) in [5, 5.41) is 2.85. The highest BCUT2D eigenvalue weighted by molar-refractivity contribution is 7.14. The second-order valence-corrected chi connectivity index (χ2v) is 7.32. The fourth-order valence-corrected chi connectivity index (χ4v) is 4.20. The van der Waals surface area contributed by atoms with Crippen molar-refractivity contribution in [3.63, 3.8) is 0 Å². The van der Waals surface area contributed by atoms with Gasteiger partial charge in [-0.3, -0.25) is 9.59 Å². The van der Waals surface area contributed by atoms with Gasteiger partial charge in [-0.2, -0.15) is 0 Å². The lowest BCUT2D eigenvalue weighted by Gasteiger charge is -2.23. The summed E-state index contributed by atoms with van der Waals surface area (Å²) in [5.74, 6) is 0.381. The highest BCUT2D eigenvalue weighted by Gasteiger charge is 2.31. The average molecular weight is 373 g/mol. The van der Waals surface area contributed by atoms with Gasteiger partial charge in [-0.1, -0.05) is 13.0 Å². The van der Waals surface area contributed by atoms with E-state index in [0.29, 0.717) is 10.7 Å². The van der Waals surface area contributed by atoms with Crippen LogP contribution in [0, 0.1) is 0 Å². The SMILES string of the molecule is CCc1cccc(NC(=O)c2ccc(C3CCCN3C(=O)COC)s2)n1. The first-order valence-electron chi connectivity index (χ1n) is 8.77. The summed E-state index contributed by atoms with van der Waals surface area (Å²) in [6, 6.07) is 9.40. The third-order valence-corrected chi connectivity index (χ3v) is 5.62. The lowest BCUT2D eigenvalue weighted by atomic mass is 10.2. The molecule has 1 saturated heterocycles. The molecule has 0 saturated carbocycles. The highest BCUT2D eigenvalue weighted by atomic mass is 32.1. The molecule has 0 bridgehead atoms. The van der Waals surface area contributed by atoms with Gasteiger partial charge in [0.25, 0.3) is 5.91 Å². The number of rotatable bonds is 6. The second kappa shape index (κ2) is 8.42. The van der Waals surface area contributed by atoms with Gasteiger partial charge in [0, 0.05) is 24.2 Å². The first-order valence-corrected chi connectivity index (χ1v) is 9.59. The van der Waals surface area contributed by atoms with E-state index in [0.717, 1.165) is 36.4 Å². The number of pyridine rings is 1. The van der Waals surface area contributed by atoms with Crippen molar-refractivity contribution in [3.05, 3.63) is 45.8 Å². The van der Waals surface area contributed by atoms with E-state index in [4.69, 9.17) is 4.74 Å². The molecule has 0 spiro atoms. The minimum absolute atomic E-state index is 0.00465. The molecular weight excluding hydrogens is 350 g/mol. The maximum atomic E-state index is 12.5. The summed E-state index contributed by atoms with van der Waals surface area (Å²) in [7, 11) is 1.53. The molecule has 2 amide bonds. The predicted molar refractivity (Wildman–Crippen MR) is 101 cm³/mol. The van der Waals surface area contributed by atoms with Crippen molar-refractivity contribution in [2.75, 3.05) is 25.6 Å². The van der Waals surface area contributed by atoms with Gasteiger partial charge in [0.05, 0.1) is 10.9 Å². The molecule has 1 atom stereocenters. The zero-order valence-electron chi connectivity index (χ0n) is 15.0. The van der Waals surface area contributed by atoms with E-state index >= 15 is 0 Å². The summed E-state index contributed by atoms with van der Waals surface area (Å²) in [6.45, 7) is 2.85. The number of anilines is 1. The van der Waals surface area contributed by atoms with Crippen LogP contribution in [0.2, 0.25) is 0 Å². The normalized spacial score (nSPS) is 16.7. The largest absolute Gasteiger partial charge is 0.375 e. The van der Waals surface area contributed by atoms with Crippen LogP contribution in [-0.4, -0.2) is 42.0 Å². The van der Waals surface area contributed by atoms with Crippen LogP contribution in [0.5, 0.6) is 0 Å². The number of ether oxygens (including phenoxy) is 1. The molecule has 1 aliphatic rings. The number of methoxy groups -OCH3 is 1. The number of nitrogens with zero attached hydrogens (tertiary/aromatic N) is 2. The van der Waals surface area contributed by atoms with Crippen LogP contribution in [0.25, 0.3) is 0 Å². The Labute approximate surface area is 157 Å². The Morgan fingerprint density at radius 2 is 2.19 bits per heavy atom. The van der Waals surface area contributed by atoms with Gasteiger partial charge in [0.2, 0.25) is 5.91 Å². The van der Waals surface area contributed by atoms with Gasteiger partial charge < -0.3 is 15.0 Å². The number of carbonyl (C=O) groups excluding carboxylic acids is 2. The quantitative estimate of drug-likeness (QED) is 0.844. The summed E-state index contributed by atoms with van der Waals surface area (Å²) in [4.78, 5) is 32.6. The maximum Gasteiger partial charge on any atom is 0.266 e. The van der Waals surface area contributed by atoms with Crippen molar-refractivity contribution in [1.82, 2.24) is 9.88 Å². The Hall–Kier alpha value is -2.25. The first-order chi connectivity index (χ1) is 12.6.